The topological polar surface area (TPSA) is 41.6 Å². The van der Waals surface area contributed by atoms with Crippen LogP contribution in [0.1, 0.15) is 44.5 Å². The molecule has 0 radical (unpaired) electrons. The van der Waals surface area contributed by atoms with E-state index in [0.717, 1.165) is 35.3 Å². The van der Waals surface area contributed by atoms with E-state index in [-0.39, 0.29) is 5.92 Å². The van der Waals surface area contributed by atoms with Crippen molar-refractivity contribution in [1.29, 1.82) is 5.26 Å². The number of benzene rings is 1. The minimum Gasteiger partial charge on any atom is -0.331 e. The second-order valence-electron chi connectivity index (χ2n) is 5.52. The van der Waals surface area contributed by atoms with Crippen LogP contribution in [0.4, 0.5) is 0 Å². The van der Waals surface area contributed by atoms with Crippen molar-refractivity contribution in [3.8, 4) is 6.07 Å². The first-order valence-corrected chi connectivity index (χ1v) is 6.91. The molecule has 0 fully saturated rings. The SMILES string of the molecule is CCC(C#N)c1ccc2nc(CC(C)C)n(C)c2c1. The van der Waals surface area contributed by atoms with Crippen LogP contribution < -0.4 is 0 Å². The molecule has 0 bridgehead atoms. The van der Waals surface area contributed by atoms with E-state index in [4.69, 9.17) is 0 Å². The van der Waals surface area contributed by atoms with Crippen molar-refractivity contribution in [2.45, 2.75) is 39.5 Å². The monoisotopic (exact) mass is 255 g/mol. The number of nitriles is 1. The van der Waals surface area contributed by atoms with Gasteiger partial charge in [0.1, 0.15) is 5.82 Å². The van der Waals surface area contributed by atoms with Gasteiger partial charge in [-0.25, -0.2) is 4.98 Å². The zero-order valence-corrected chi connectivity index (χ0v) is 12.1. The molecule has 19 heavy (non-hydrogen) atoms. The van der Waals surface area contributed by atoms with Gasteiger partial charge >= 0.3 is 0 Å². The maximum absolute atomic E-state index is 9.17. The molecule has 0 N–H and O–H groups in total. The average molecular weight is 255 g/mol. The maximum Gasteiger partial charge on any atom is 0.109 e. The van der Waals surface area contributed by atoms with Crippen LogP contribution in [0, 0.1) is 17.2 Å². The molecule has 2 rings (SSSR count). The molecule has 0 aliphatic rings. The summed E-state index contributed by atoms with van der Waals surface area (Å²) in [5.41, 5.74) is 3.24. The standard InChI is InChI=1S/C16H21N3/c1-5-12(10-17)13-6-7-14-15(9-13)19(4)16(18-14)8-11(2)3/h6-7,9,11-12H,5,8H2,1-4H3. The Labute approximate surface area is 114 Å². The van der Waals surface area contributed by atoms with Gasteiger partial charge in [-0.2, -0.15) is 5.26 Å². The summed E-state index contributed by atoms with van der Waals surface area (Å²) < 4.78 is 2.16. The highest BCUT2D eigenvalue weighted by atomic mass is 15.1. The summed E-state index contributed by atoms with van der Waals surface area (Å²) in [4.78, 5) is 4.68. The van der Waals surface area contributed by atoms with Crippen LogP contribution in [0.15, 0.2) is 18.2 Å². The molecule has 1 aromatic carbocycles. The van der Waals surface area contributed by atoms with Gasteiger partial charge in [0, 0.05) is 13.5 Å². The second kappa shape index (κ2) is 5.44. The highest BCUT2D eigenvalue weighted by molar-refractivity contribution is 5.77. The lowest BCUT2D eigenvalue weighted by atomic mass is 9.98. The van der Waals surface area contributed by atoms with Gasteiger partial charge in [0.25, 0.3) is 0 Å². The molecule has 3 nitrogen and oxygen atoms in total. The highest BCUT2D eigenvalue weighted by Crippen LogP contribution is 2.24. The Kier molecular flexibility index (Phi) is 3.90. The molecule has 1 atom stereocenters. The summed E-state index contributed by atoms with van der Waals surface area (Å²) in [6.45, 7) is 6.45. The third-order valence-corrected chi connectivity index (χ3v) is 3.55. The van der Waals surface area contributed by atoms with Crippen LogP contribution in [0.25, 0.3) is 11.0 Å². The van der Waals surface area contributed by atoms with E-state index in [2.05, 4.69) is 42.6 Å². The van der Waals surface area contributed by atoms with Gasteiger partial charge < -0.3 is 4.57 Å². The average Bonchev–Trinajstić information content (AvgIpc) is 2.67. The van der Waals surface area contributed by atoms with Crippen LogP contribution in [0.5, 0.6) is 0 Å². The number of imidazole rings is 1. The van der Waals surface area contributed by atoms with Crippen molar-refractivity contribution in [2.75, 3.05) is 0 Å². The van der Waals surface area contributed by atoms with E-state index in [1.54, 1.807) is 0 Å². The first-order valence-electron chi connectivity index (χ1n) is 6.91. The van der Waals surface area contributed by atoms with Gasteiger partial charge in [0.15, 0.2) is 0 Å². The van der Waals surface area contributed by atoms with E-state index >= 15 is 0 Å². The number of aromatic nitrogens is 2. The molecule has 1 unspecified atom stereocenters. The van der Waals surface area contributed by atoms with Crippen molar-refractivity contribution in [3.05, 3.63) is 29.6 Å². The maximum atomic E-state index is 9.17. The Morgan fingerprint density at radius 1 is 1.37 bits per heavy atom. The van der Waals surface area contributed by atoms with Crippen LogP contribution in [-0.2, 0) is 13.5 Å². The van der Waals surface area contributed by atoms with E-state index in [0.29, 0.717) is 5.92 Å². The predicted molar refractivity (Wildman–Crippen MR) is 77.9 cm³/mol. The van der Waals surface area contributed by atoms with Crippen LogP contribution in [0.3, 0.4) is 0 Å². The normalized spacial score (nSPS) is 12.8. The van der Waals surface area contributed by atoms with Crippen LogP contribution in [-0.4, -0.2) is 9.55 Å². The first kappa shape index (κ1) is 13.6. The Balaban J connectivity index is 2.48. The summed E-state index contributed by atoms with van der Waals surface area (Å²) in [7, 11) is 2.06. The smallest absolute Gasteiger partial charge is 0.109 e. The summed E-state index contributed by atoms with van der Waals surface area (Å²) in [5.74, 6) is 1.69. The number of hydrogen-bond acceptors (Lipinski definition) is 2. The van der Waals surface area contributed by atoms with Crippen molar-refractivity contribution >= 4 is 11.0 Å². The quantitative estimate of drug-likeness (QED) is 0.834. The third-order valence-electron chi connectivity index (χ3n) is 3.55. The molecule has 0 aliphatic carbocycles. The lowest BCUT2D eigenvalue weighted by molar-refractivity contribution is 0.606. The minimum absolute atomic E-state index is 0.0205. The van der Waals surface area contributed by atoms with Crippen LogP contribution in [0.2, 0.25) is 0 Å². The zero-order chi connectivity index (χ0) is 14.0. The largest absolute Gasteiger partial charge is 0.331 e. The van der Waals surface area contributed by atoms with E-state index in [1.807, 2.05) is 19.1 Å². The number of nitrogens with zero attached hydrogens (tertiary/aromatic N) is 3. The Morgan fingerprint density at radius 3 is 2.68 bits per heavy atom. The molecule has 1 heterocycles. The molecular weight excluding hydrogens is 234 g/mol. The zero-order valence-electron chi connectivity index (χ0n) is 12.1. The van der Waals surface area contributed by atoms with Crippen molar-refractivity contribution in [2.24, 2.45) is 13.0 Å². The lowest BCUT2D eigenvalue weighted by Gasteiger charge is -2.07. The summed E-state index contributed by atoms with van der Waals surface area (Å²) in [5, 5.41) is 9.17. The minimum atomic E-state index is -0.0205. The molecular formula is C16H21N3. The van der Waals surface area contributed by atoms with E-state index in [1.165, 1.54) is 0 Å². The van der Waals surface area contributed by atoms with Crippen molar-refractivity contribution in [3.63, 3.8) is 0 Å². The molecule has 1 aromatic heterocycles. The van der Waals surface area contributed by atoms with Crippen LogP contribution >= 0.6 is 0 Å². The fraction of sp³-hybridized carbons (Fsp3) is 0.500. The molecule has 2 aromatic rings. The fourth-order valence-electron chi connectivity index (χ4n) is 2.42. The molecule has 100 valence electrons. The molecule has 0 saturated carbocycles. The van der Waals surface area contributed by atoms with Crippen molar-refractivity contribution in [1.82, 2.24) is 9.55 Å². The second-order valence-corrected chi connectivity index (χ2v) is 5.52. The molecule has 0 spiro atoms. The van der Waals surface area contributed by atoms with Gasteiger partial charge in [-0.3, -0.25) is 0 Å². The highest BCUT2D eigenvalue weighted by Gasteiger charge is 2.13. The van der Waals surface area contributed by atoms with Gasteiger partial charge in [-0.1, -0.05) is 26.8 Å². The summed E-state index contributed by atoms with van der Waals surface area (Å²) >= 11 is 0. The molecule has 3 heteroatoms. The number of aryl methyl sites for hydroxylation is 1. The van der Waals surface area contributed by atoms with Gasteiger partial charge in [-0.15, -0.1) is 0 Å². The predicted octanol–water partition coefficient (Wildman–Crippen LogP) is 3.79. The Bertz CT molecular complexity index is 617. The molecule has 0 saturated heterocycles. The first-order chi connectivity index (χ1) is 9.06. The van der Waals surface area contributed by atoms with E-state index in [9.17, 15) is 5.26 Å². The molecule has 0 aliphatic heterocycles. The fourth-order valence-corrected chi connectivity index (χ4v) is 2.42. The molecule has 0 amide bonds. The van der Waals surface area contributed by atoms with Gasteiger partial charge in [0.05, 0.1) is 23.0 Å². The van der Waals surface area contributed by atoms with Gasteiger partial charge in [0.2, 0.25) is 0 Å². The van der Waals surface area contributed by atoms with E-state index < -0.39 is 0 Å². The Hall–Kier alpha value is -1.82. The lowest BCUT2D eigenvalue weighted by Crippen LogP contribution is -2.02. The van der Waals surface area contributed by atoms with Gasteiger partial charge in [-0.05, 0) is 30.0 Å². The number of rotatable bonds is 4. The number of hydrogen-bond donors (Lipinski definition) is 0. The summed E-state index contributed by atoms with van der Waals surface area (Å²) in [6.07, 6.45) is 1.83. The third kappa shape index (κ3) is 2.63. The Morgan fingerprint density at radius 2 is 2.11 bits per heavy atom. The van der Waals surface area contributed by atoms with Crippen molar-refractivity contribution < 1.29 is 0 Å². The summed E-state index contributed by atoms with van der Waals surface area (Å²) in [6, 6.07) is 8.55. The number of fused-ring (bicyclic) bond motifs is 1.